The van der Waals surface area contributed by atoms with E-state index >= 15 is 0 Å². The first-order valence-electron chi connectivity index (χ1n) is 7.01. The number of benzene rings is 1. The summed E-state index contributed by atoms with van der Waals surface area (Å²) < 4.78 is 0. The first-order chi connectivity index (χ1) is 10.0. The summed E-state index contributed by atoms with van der Waals surface area (Å²) in [7, 11) is 1.94. The Hall–Kier alpha value is -1.88. The average molecular weight is 304 g/mol. The number of carboxylic acid groups (broad SMARTS) is 1. The molecule has 21 heavy (non-hydrogen) atoms. The lowest BCUT2D eigenvalue weighted by Crippen LogP contribution is -2.16. The summed E-state index contributed by atoms with van der Waals surface area (Å²) >= 11 is 1.25. The minimum Gasteiger partial charge on any atom is -0.477 e. The van der Waals surface area contributed by atoms with E-state index < -0.39 is 5.97 Å². The van der Waals surface area contributed by atoms with Gasteiger partial charge in [0.05, 0.1) is 5.69 Å². The van der Waals surface area contributed by atoms with Crippen LogP contribution in [0.3, 0.4) is 0 Å². The second-order valence-corrected chi connectivity index (χ2v) is 6.15. The molecule has 0 radical (unpaired) electrons. The number of aromatic carboxylic acids is 1. The molecule has 1 N–H and O–H groups in total. The monoisotopic (exact) mass is 304 g/mol. The molecule has 0 saturated heterocycles. The molecular formula is C16H20N2O2S. The van der Waals surface area contributed by atoms with E-state index in [1.54, 1.807) is 0 Å². The molecular weight excluding hydrogens is 284 g/mol. The summed E-state index contributed by atoms with van der Waals surface area (Å²) in [6.07, 6.45) is 1.60. The van der Waals surface area contributed by atoms with Gasteiger partial charge in [-0.25, -0.2) is 9.78 Å². The third-order valence-corrected chi connectivity index (χ3v) is 4.43. The van der Waals surface area contributed by atoms with E-state index in [9.17, 15) is 9.90 Å². The zero-order valence-corrected chi connectivity index (χ0v) is 13.4. The van der Waals surface area contributed by atoms with Crippen molar-refractivity contribution < 1.29 is 9.90 Å². The summed E-state index contributed by atoms with van der Waals surface area (Å²) in [4.78, 5) is 18.1. The van der Waals surface area contributed by atoms with Crippen LogP contribution in [-0.4, -0.2) is 23.1 Å². The molecule has 0 amide bonds. The van der Waals surface area contributed by atoms with E-state index in [1.165, 1.54) is 22.5 Å². The molecule has 2 rings (SSSR count). The van der Waals surface area contributed by atoms with Gasteiger partial charge in [-0.15, -0.1) is 0 Å². The number of anilines is 1. The Bertz CT molecular complexity index is 620. The van der Waals surface area contributed by atoms with Crippen LogP contribution in [0.15, 0.2) is 24.3 Å². The Morgan fingerprint density at radius 1 is 1.33 bits per heavy atom. The Morgan fingerprint density at radius 3 is 2.57 bits per heavy atom. The fourth-order valence-electron chi connectivity index (χ4n) is 2.11. The number of thiazole rings is 1. The third kappa shape index (κ3) is 3.82. The van der Waals surface area contributed by atoms with Gasteiger partial charge >= 0.3 is 5.97 Å². The van der Waals surface area contributed by atoms with Crippen molar-refractivity contribution in [2.45, 2.75) is 33.2 Å². The highest BCUT2D eigenvalue weighted by molar-refractivity contribution is 7.17. The van der Waals surface area contributed by atoms with Crippen molar-refractivity contribution >= 4 is 22.4 Å². The fourth-order valence-corrected chi connectivity index (χ4v) is 3.02. The summed E-state index contributed by atoms with van der Waals surface area (Å²) in [6.45, 7) is 4.81. The normalized spacial score (nSPS) is 10.6. The van der Waals surface area contributed by atoms with Gasteiger partial charge in [0.15, 0.2) is 5.13 Å². The minimum atomic E-state index is -0.883. The van der Waals surface area contributed by atoms with Gasteiger partial charge in [-0.1, -0.05) is 54.5 Å². The Labute approximate surface area is 129 Å². The second-order valence-electron chi connectivity index (χ2n) is 5.17. The van der Waals surface area contributed by atoms with Gasteiger partial charge in [0.2, 0.25) is 0 Å². The van der Waals surface area contributed by atoms with E-state index in [1.807, 2.05) is 18.9 Å². The number of aryl methyl sites for hydroxylation is 2. The summed E-state index contributed by atoms with van der Waals surface area (Å²) in [5, 5.41) is 10.0. The molecule has 5 heteroatoms. The SMILES string of the molecule is CCCc1nc(N(C)Cc2ccc(C)cc2)sc1C(=O)O. The van der Waals surface area contributed by atoms with Crippen LogP contribution in [0.1, 0.15) is 39.8 Å². The van der Waals surface area contributed by atoms with Crippen molar-refractivity contribution in [1.82, 2.24) is 4.98 Å². The molecule has 0 bridgehead atoms. The van der Waals surface area contributed by atoms with Crippen LogP contribution in [0.2, 0.25) is 0 Å². The summed E-state index contributed by atoms with van der Waals surface area (Å²) in [6, 6.07) is 8.33. The lowest BCUT2D eigenvalue weighted by atomic mass is 10.1. The molecule has 1 heterocycles. The lowest BCUT2D eigenvalue weighted by Gasteiger charge is -2.15. The Morgan fingerprint density at radius 2 is 2.00 bits per heavy atom. The van der Waals surface area contributed by atoms with Gasteiger partial charge in [0.1, 0.15) is 4.88 Å². The van der Waals surface area contributed by atoms with Crippen molar-refractivity contribution in [3.63, 3.8) is 0 Å². The highest BCUT2D eigenvalue weighted by Gasteiger charge is 2.18. The van der Waals surface area contributed by atoms with E-state index in [2.05, 4.69) is 36.2 Å². The van der Waals surface area contributed by atoms with Crippen LogP contribution in [0.4, 0.5) is 5.13 Å². The van der Waals surface area contributed by atoms with E-state index in [0.29, 0.717) is 17.0 Å². The predicted octanol–water partition coefficient (Wildman–Crippen LogP) is 3.74. The molecule has 4 nitrogen and oxygen atoms in total. The van der Waals surface area contributed by atoms with Crippen LogP contribution in [0.5, 0.6) is 0 Å². The molecule has 2 aromatic rings. The average Bonchev–Trinajstić information content (AvgIpc) is 2.86. The van der Waals surface area contributed by atoms with Gasteiger partial charge in [-0.05, 0) is 18.9 Å². The molecule has 0 spiro atoms. The topological polar surface area (TPSA) is 53.4 Å². The van der Waals surface area contributed by atoms with E-state index in [0.717, 1.165) is 18.1 Å². The van der Waals surface area contributed by atoms with Crippen LogP contribution in [-0.2, 0) is 13.0 Å². The molecule has 0 fully saturated rings. The van der Waals surface area contributed by atoms with Crippen LogP contribution >= 0.6 is 11.3 Å². The molecule has 0 saturated carbocycles. The van der Waals surface area contributed by atoms with Crippen molar-refractivity contribution in [1.29, 1.82) is 0 Å². The van der Waals surface area contributed by atoms with Crippen LogP contribution < -0.4 is 4.90 Å². The third-order valence-electron chi connectivity index (χ3n) is 3.23. The smallest absolute Gasteiger partial charge is 0.347 e. The first-order valence-corrected chi connectivity index (χ1v) is 7.82. The van der Waals surface area contributed by atoms with E-state index in [-0.39, 0.29) is 0 Å². The number of nitrogens with zero attached hydrogens (tertiary/aromatic N) is 2. The Balaban J connectivity index is 2.18. The van der Waals surface area contributed by atoms with Crippen molar-refractivity contribution in [3.8, 4) is 0 Å². The molecule has 0 aliphatic heterocycles. The minimum absolute atomic E-state index is 0.364. The maximum Gasteiger partial charge on any atom is 0.347 e. The van der Waals surface area contributed by atoms with Gasteiger partial charge in [-0.3, -0.25) is 0 Å². The highest BCUT2D eigenvalue weighted by atomic mass is 32.1. The van der Waals surface area contributed by atoms with Crippen molar-refractivity contribution in [3.05, 3.63) is 46.0 Å². The highest BCUT2D eigenvalue weighted by Crippen LogP contribution is 2.27. The van der Waals surface area contributed by atoms with Gasteiger partial charge in [-0.2, -0.15) is 0 Å². The zero-order valence-electron chi connectivity index (χ0n) is 12.6. The van der Waals surface area contributed by atoms with Crippen LogP contribution in [0.25, 0.3) is 0 Å². The maximum absolute atomic E-state index is 11.3. The molecule has 0 atom stereocenters. The van der Waals surface area contributed by atoms with Gasteiger partial charge in [0, 0.05) is 13.6 Å². The summed E-state index contributed by atoms with van der Waals surface area (Å²) in [5.41, 5.74) is 3.11. The number of hydrogen-bond donors (Lipinski definition) is 1. The Kier molecular flexibility index (Phi) is 4.96. The maximum atomic E-state index is 11.3. The number of carboxylic acids is 1. The van der Waals surface area contributed by atoms with E-state index in [4.69, 9.17) is 0 Å². The number of rotatable bonds is 6. The number of hydrogen-bond acceptors (Lipinski definition) is 4. The van der Waals surface area contributed by atoms with Crippen LogP contribution in [0, 0.1) is 6.92 Å². The quantitative estimate of drug-likeness (QED) is 0.883. The molecule has 0 aliphatic rings. The van der Waals surface area contributed by atoms with Gasteiger partial charge < -0.3 is 10.0 Å². The predicted molar refractivity (Wildman–Crippen MR) is 86.4 cm³/mol. The fraction of sp³-hybridized carbons (Fsp3) is 0.375. The molecule has 1 aromatic heterocycles. The molecule has 112 valence electrons. The zero-order chi connectivity index (χ0) is 15.4. The molecule has 1 aromatic carbocycles. The van der Waals surface area contributed by atoms with Crippen molar-refractivity contribution in [2.75, 3.05) is 11.9 Å². The molecule has 0 unspecified atom stereocenters. The lowest BCUT2D eigenvalue weighted by molar-refractivity contribution is 0.0700. The second kappa shape index (κ2) is 6.72. The largest absolute Gasteiger partial charge is 0.477 e. The number of aromatic nitrogens is 1. The van der Waals surface area contributed by atoms with Crippen molar-refractivity contribution in [2.24, 2.45) is 0 Å². The molecule has 0 aliphatic carbocycles. The van der Waals surface area contributed by atoms with Gasteiger partial charge in [0.25, 0.3) is 0 Å². The first kappa shape index (κ1) is 15.5. The summed E-state index contributed by atoms with van der Waals surface area (Å²) in [5.74, 6) is -0.883. The number of carbonyl (C=O) groups is 1. The standard InChI is InChI=1S/C16H20N2O2S/c1-4-5-13-14(15(19)20)21-16(17-13)18(3)10-12-8-6-11(2)7-9-12/h6-9H,4-5,10H2,1-3H3,(H,19,20).